The molecular weight excluding hydrogens is 446 g/mol. The van der Waals surface area contributed by atoms with Crippen LogP contribution in [0.15, 0.2) is 59.7 Å². The van der Waals surface area contributed by atoms with Crippen LogP contribution in [-0.2, 0) is 19.4 Å². The van der Waals surface area contributed by atoms with E-state index in [0.717, 1.165) is 5.01 Å². The molecule has 33 heavy (non-hydrogen) atoms. The highest BCUT2D eigenvalue weighted by molar-refractivity contribution is 7.91. The van der Waals surface area contributed by atoms with E-state index in [0.29, 0.717) is 23.5 Å². The largest absolute Gasteiger partial charge is 0.323 e. The third-order valence-corrected chi connectivity index (χ3v) is 7.06. The maximum atomic E-state index is 12.7. The molecule has 4 rings (SSSR count). The summed E-state index contributed by atoms with van der Waals surface area (Å²) in [6.45, 7) is 0. The van der Waals surface area contributed by atoms with Crippen LogP contribution in [-0.4, -0.2) is 54.5 Å². The highest BCUT2D eigenvalue weighted by atomic mass is 32.2. The van der Waals surface area contributed by atoms with Crippen LogP contribution < -0.4 is 16.0 Å². The van der Waals surface area contributed by atoms with Gasteiger partial charge in [-0.05, 0) is 42.8 Å². The summed E-state index contributed by atoms with van der Waals surface area (Å²) in [6.07, 6.45) is 0.598. The van der Waals surface area contributed by atoms with Crippen molar-refractivity contribution in [2.75, 3.05) is 27.5 Å². The molecule has 11 heteroatoms. The molecule has 1 atom stereocenters. The summed E-state index contributed by atoms with van der Waals surface area (Å²) in [5, 5.41) is 13.4. The van der Waals surface area contributed by atoms with Gasteiger partial charge in [0.05, 0.1) is 17.5 Å². The number of urea groups is 1. The molecule has 0 aromatic heterocycles. The summed E-state index contributed by atoms with van der Waals surface area (Å²) >= 11 is 0. The molecule has 2 aliphatic heterocycles. The van der Waals surface area contributed by atoms with E-state index < -0.39 is 27.8 Å². The van der Waals surface area contributed by atoms with Crippen molar-refractivity contribution in [3.8, 4) is 0 Å². The van der Waals surface area contributed by atoms with Gasteiger partial charge in [-0.1, -0.05) is 18.2 Å². The van der Waals surface area contributed by atoms with E-state index >= 15 is 0 Å². The lowest BCUT2D eigenvalue weighted by molar-refractivity contribution is -0.133. The topological polar surface area (TPSA) is 137 Å². The zero-order chi connectivity index (χ0) is 23.4. The monoisotopic (exact) mass is 469 g/mol. The highest BCUT2D eigenvalue weighted by Crippen LogP contribution is 2.23. The van der Waals surface area contributed by atoms with Crippen LogP contribution in [0.2, 0.25) is 0 Å². The second-order valence-corrected chi connectivity index (χ2v) is 10.0. The number of amides is 4. The van der Waals surface area contributed by atoms with Crippen LogP contribution >= 0.6 is 0 Å². The minimum atomic E-state index is -3.18. The minimum Gasteiger partial charge on any atom is -0.321 e. The zero-order valence-corrected chi connectivity index (χ0v) is 18.5. The third-order valence-electron chi connectivity index (χ3n) is 5.31. The predicted molar refractivity (Wildman–Crippen MR) is 125 cm³/mol. The molecule has 0 radical (unpaired) electrons. The van der Waals surface area contributed by atoms with Crippen LogP contribution in [0, 0.1) is 0 Å². The summed E-state index contributed by atoms with van der Waals surface area (Å²) in [4.78, 5) is 36.9. The Bertz CT molecular complexity index is 1200. The molecule has 3 N–H and O–H groups in total. The van der Waals surface area contributed by atoms with E-state index in [2.05, 4.69) is 21.1 Å². The number of carbonyl (C=O) groups excluding carboxylic acids is 3. The van der Waals surface area contributed by atoms with Gasteiger partial charge in [-0.25, -0.2) is 18.2 Å². The molecule has 10 nitrogen and oxygen atoms in total. The number of benzene rings is 2. The number of hydrogen-bond donors (Lipinski definition) is 3. The number of nitrogens with one attached hydrogen (secondary N) is 3. The molecule has 4 amide bonds. The maximum absolute atomic E-state index is 12.7. The Morgan fingerprint density at radius 3 is 2.09 bits per heavy atom. The fourth-order valence-electron chi connectivity index (χ4n) is 3.64. The van der Waals surface area contributed by atoms with Crippen LogP contribution in [0.4, 0.5) is 21.9 Å². The van der Waals surface area contributed by atoms with Gasteiger partial charge in [0, 0.05) is 29.9 Å². The van der Waals surface area contributed by atoms with E-state index in [1.54, 1.807) is 36.4 Å². The van der Waals surface area contributed by atoms with E-state index in [-0.39, 0.29) is 36.0 Å². The van der Waals surface area contributed by atoms with Crippen molar-refractivity contribution >= 4 is 50.5 Å². The van der Waals surface area contributed by atoms with Crippen molar-refractivity contribution in [2.24, 2.45) is 5.10 Å². The van der Waals surface area contributed by atoms with E-state index in [4.69, 9.17) is 0 Å². The molecule has 2 aromatic carbocycles. The Hall–Kier alpha value is -3.73. The van der Waals surface area contributed by atoms with Gasteiger partial charge >= 0.3 is 6.03 Å². The second-order valence-electron chi connectivity index (χ2n) is 7.82. The second kappa shape index (κ2) is 9.41. The number of anilines is 3. The first-order valence-corrected chi connectivity index (χ1v) is 12.3. The zero-order valence-electron chi connectivity index (χ0n) is 17.7. The standard InChI is InChI=1S/C22H23N5O5S/c28-20-11-10-19(26-27(20)18-12-13-33(31,32)14-18)21(29)23-16-6-8-17(9-7-16)25-22(30)24-15-4-2-1-3-5-15/h1-9,18H,10-14H2,(H,23,29)(H2,24,25,30). The third kappa shape index (κ3) is 5.75. The molecule has 1 saturated heterocycles. The maximum Gasteiger partial charge on any atom is 0.323 e. The molecule has 0 bridgehead atoms. The van der Waals surface area contributed by atoms with Crippen molar-refractivity contribution < 1.29 is 22.8 Å². The Morgan fingerprint density at radius 2 is 1.48 bits per heavy atom. The summed E-state index contributed by atoms with van der Waals surface area (Å²) < 4.78 is 23.5. The number of nitrogens with zero attached hydrogens (tertiary/aromatic N) is 2. The average molecular weight is 470 g/mol. The molecule has 0 spiro atoms. The van der Waals surface area contributed by atoms with Crippen molar-refractivity contribution in [3.63, 3.8) is 0 Å². The number of hydrazone groups is 1. The molecule has 2 aromatic rings. The minimum absolute atomic E-state index is 0.0161. The van der Waals surface area contributed by atoms with Crippen molar-refractivity contribution in [1.29, 1.82) is 0 Å². The quantitative estimate of drug-likeness (QED) is 0.618. The Balaban J connectivity index is 1.35. The molecule has 2 aliphatic rings. The molecular formula is C22H23N5O5S. The first-order chi connectivity index (χ1) is 15.8. The van der Waals surface area contributed by atoms with Crippen molar-refractivity contribution in [3.05, 3.63) is 54.6 Å². The first-order valence-electron chi connectivity index (χ1n) is 10.4. The predicted octanol–water partition coefficient (Wildman–Crippen LogP) is 2.43. The SMILES string of the molecule is O=C(Nc1ccccc1)Nc1ccc(NC(=O)C2=NN(C3CCS(=O)(=O)C3)C(=O)CC2)cc1. The molecule has 172 valence electrons. The fourth-order valence-corrected chi connectivity index (χ4v) is 5.34. The van der Waals surface area contributed by atoms with Gasteiger partial charge in [0.2, 0.25) is 5.91 Å². The van der Waals surface area contributed by atoms with E-state index in [9.17, 15) is 22.8 Å². The highest BCUT2D eigenvalue weighted by Gasteiger charge is 2.37. The van der Waals surface area contributed by atoms with Gasteiger partial charge < -0.3 is 16.0 Å². The van der Waals surface area contributed by atoms with Gasteiger partial charge in [0.1, 0.15) is 5.71 Å². The van der Waals surface area contributed by atoms with Gasteiger partial charge in [-0.2, -0.15) is 5.10 Å². The lowest BCUT2D eigenvalue weighted by atomic mass is 10.1. The van der Waals surface area contributed by atoms with Crippen molar-refractivity contribution in [2.45, 2.75) is 25.3 Å². The van der Waals surface area contributed by atoms with Crippen LogP contribution in [0.5, 0.6) is 0 Å². The summed E-state index contributed by atoms with van der Waals surface area (Å²) in [5.41, 5.74) is 1.86. The number of para-hydroxylation sites is 1. The normalized spacial score (nSPS) is 19.5. The summed E-state index contributed by atoms with van der Waals surface area (Å²) in [7, 11) is -3.18. The van der Waals surface area contributed by atoms with E-state index in [1.807, 2.05) is 18.2 Å². The van der Waals surface area contributed by atoms with Gasteiger partial charge in [-0.3, -0.25) is 9.59 Å². The molecule has 2 heterocycles. The number of rotatable bonds is 5. The Labute approximate surface area is 191 Å². The molecule has 0 saturated carbocycles. The molecule has 1 fully saturated rings. The van der Waals surface area contributed by atoms with Crippen LogP contribution in [0.1, 0.15) is 19.3 Å². The lowest BCUT2D eigenvalue weighted by Crippen LogP contribution is -2.42. The number of sulfone groups is 1. The van der Waals surface area contributed by atoms with E-state index in [1.165, 1.54) is 0 Å². The lowest BCUT2D eigenvalue weighted by Gasteiger charge is -2.27. The van der Waals surface area contributed by atoms with Crippen LogP contribution in [0.3, 0.4) is 0 Å². The van der Waals surface area contributed by atoms with Gasteiger partial charge in [0.15, 0.2) is 9.84 Å². The Morgan fingerprint density at radius 1 is 0.879 bits per heavy atom. The molecule has 1 unspecified atom stereocenters. The average Bonchev–Trinajstić information content (AvgIpc) is 3.15. The van der Waals surface area contributed by atoms with Gasteiger partial charge in [-0.15, -0.1) is 0 Å². The van der Waals surface area contributed by atoms with Gasteiger partial charge in [0.25, 0.3) is 5.91 Å². The fraction of sp³-hybridized carbons (Fsp3) is 0.273. The molecule has 0 aliphatic carbocycles. The van der Waals surface area contributed by atoms with Crippen molar-refractivity contribution in [1.82, 2.24) is 5.01 Å². The first kappa shape index (κ1) is 22.5. The smallest absolute Gasteiger partial charge is 0.321 e. The van der Waals surface area contributed by atoms with Crippen LogP contribution in [0.25, 0.3) is 0 Å². The number of hydrogen-bond acceptors (Lipinski definition) is 6. The Kier molecular flexibility index (Phi) is 6.40. The summed E-state index contributed by atoms with van der Waals surface area (Å²) in [5.74, 6) is -0.861. The number of carbonyl (C=O) groups is 3. The summed E-state index contributed by atoms with van der Waals surface area (Å²) in [6, 6.07) is 14.6.